The molecule has 2 aromatic rings. The third-order valence-electron chi connectivity index (χ3n) is 4.28. The van der Waals surface area contributed by atoms with Gasteiger partial charge < -0.3 is 15.1 Å². The molecule has 26 heavy (non-hydrogen) atoms. The van der Waals surface area contributed by atoms with Gasteiger partial charge in [0.25, 0.3) is 0 Å². The molecule has 0 spiro atoms. The summed E-state index contributed by atoms with van der Waals surface area (Å²) in [6.45, 7) is 6.02. The maximum absolute atomic E-state index is 11.6. The summed E-state index contributed by atoms with van der Waals surface area (Å²) in [5, 5.41) is 7.55. The zero-order chi connectivity index (χ0) is 19.2. The molecule has 2 rings (SSSR count). The number of sulfonamides is 1. The molecular weight excluding hydrogens is 352 g/mol. The Kier molecular flexibility index (Phi) is 7.05. The topological polar surface area (TPSA) is 86.9 Å². The smallest absolute Gasteiger partial charge is 0.211 e. The summed E-state index contributed by atoms with van der Waals surface area (Å²) >= 11 is 0. The van der Waals surface area contributed by atoms with Crippen LogP contribution in [0.3, 0.4) is 0 Å². The van der Waals surface area contributed by atoms with Crippen LogP contribution in [-0.2, 0) is 16.6 Å². The molecule has 0 radical (unpaired) electrons. The van der Waals surface area contributed by atoms with Gasteiger partial charge in [0.1, 0.15) is 11.3 Å². The largest absolute Gasteiger partial charge is 0.459 e. The highest BCUT2D eigenvalue weighted by molar-refractivity contribution is 7.88. The lowest BCUT2D eigenvalue weighted by atomic mass is 10.1. The predicted molar refractivity (Wildman–Crippen MR) is 106 cm³/mol. The van der Waals surface area contributed by atoms with Gasteiger partial charge in [-0.1, -0.05) is 25.1 Å². The monoisotopic (exact) mass is 380 g/mol. The quantitative estimate of drug-likeness (QED) is 0.416. The molecule has 0 fully saturated rings. The molecule has 1 aromatic carbocycles. The maximum Gasteiger partial charge on any atom is 0.211 e. The van der Waals surface area contributed by atoms with Crippen molar-refractivity contribution in [2.45, 2.75) is 26.8 Å². The molecule has 2 N–H and O–H groups in total. The first-order valence-electron chi connectivity index (χ1n) is 8.73. The van der Waals surface area contributed by atoms with Gasteiger partial charge in [-0.3, -0.25) is 4.99 Å². The van der Waals surface area contributed by atoms with Gasteiger partial charge in [0, 0.05) is 37.6 Å². The highest BCUT2D eigenvalue weighted by atomic mass is 32.2. The van der Waals surface area contributed by atoms with Crippen LogP contribution in [0.4, 0.5) is 0 Å². The molecule has 144 valence electrons. The van der Waals surface area contributed by atoms with Crippen molar-refractivity contribution in [3.8, 4) is 0 Å². The third kappa shape index (κ3) is 5.22. The van der Waals surface area contributed by atoms with E-state index in [9.17, 15) is 8.42 Å². The van der Waals surface area contributed by atoms with Gasteiger partial charge in [-0.25, -0.2) is 12.7 Å². The molecular formula is C18H28N4O3S. The Morgan fingerprint density at radius 2 is 2.00 bits per heavy atom. The van der Waals surface area contributed by atoms with Crippen LogP contribution >= 0.6 is 0 Å². The molecule has 8 heteroatoms. The van der Waals surface area contributed by atoms with Crippen LogP contribution in [0.2, 0.25) is 0 Å². The Balaban J connectivity index is 1.83. The van der Waals surface area contributed by atoms with Crippen LogP contribution in [0.15, 0.2) is 33.7 Å². The molecule has 0 saturated carbocycles. The Morgan fingerprint density at radius 3 is 2.62 bits per heavy atom. The van der Waals surface area contributed by atoms with Gasteiger partial charge in [-0.15, -0.1) is 0 Å². The van der Waals surface area contributed by atoms with Gasteiger partial charge >= 0.3 is 0 Å². The highest BCUT2D eigenvalue weighted by Gasteiger charge is 2.13. The first-order chi connectivity index (χ1) is 12.4. The van der Waals surface area contributed by atoms with E-state index in [-0.39, 0.29) is 0 Å². The van der Waals surface area contributed by atoms with Gasteiger partial charge in [0.05, 0.1) is 12.8 Å². The van der Waals surface area contributed by atoms with Crippen molar-refractivity contribution in [1.29, 1.82) is 0 Å². The zero-order valence-electron chi connectivity index (χ0n) is 15.9. The number of nitrogens with one attached hydrogen (secondary N) is 2. The normalized spacial score (nSPS) is 12.7. The van der Waals surface area contributed by atoms with Crippen molar-refractivity contribution >= 4 is 27.0 Å². The number of guanidine groups is 1. The third-order valence-corrected chi connectivity index (χ3v) is 5.66. The van der Waals surface area contributed by atoms with E-state index >= 15 is 0 Å². The maximum atomic E-state index is 11.6. The second-order valence-corrected chi connectivity index (χ2v) is 8.09. The standard InChI is InChI=1S/C18H28N4O3S/c1-5-22(26(4,23)24)12-8-11-20-18(19-3)21-13-17-14(2)15-9-6-7-10-16(15)25-17/h6-7,9-10H,5,8,11-13H2,1-4H3,(H2,19,20,21). The van der Waals surface area contributed by atoms with Crippen molar-refractivity contribution in [2.24, 2.45) is 4.99 Å². The van der Waals surface area contributed by atoms with E-state index in [4.69, 9.17) is 4.42 Å². The Hall–Kier alpha value is -2.06. The molecule has 0 atom stereocenters. The van der Waals surface area contributed by atoms with E-state index in [1.807, 2.05) is 38.1 Å². The number of aryl methyl sites for hydroxylation is 1. The summed E-state index contributed by atoms with van der Waals surface area (Å²) in [5.74, 6) is 1.54. The predicted octanol–water partition coefficient (Wildman–Crippen LogP) is 2.08. The summed E-state index contributed by atoms with van der Waals surface area (Å²) in [6.07, 6.45) is 1.94. The molecule has 7 nitrogen and oxygen atoms in total. The lowest BCUT2D eigenvalue weighted by molar-refractivity contribution is 0.424. The van der Waals surface area contributed by atoms with Crippen molar-refractivity contribution in [3.63, 3.8) is 0 Å². The van der Waals surface area contributed by atoms with Crippen molar-refractivity contribution in [2.75, 3.05) is 32.9 Å². The minimum atomic E-state index is -3.14. The molecule has 0 unspecified atom stereocenters. The van der Waals surface area contributed by atoms with Crippen LogP contribution < -0.4 is 10.6 Å². The minimum absolute atomic E-state index is 0.483. The highest BCUT2D eigenvalue weighted by Crippen LogP contribution is 2.24. The number of hydrogen-bond acceptors (Lipinski definition) is 4. The number of hydrogen-bond donors (Lipinski definition) is 2. The fourth-order valence-corrected chi connectivity index (χ4v) is 3.73. The van der Waals surface area contributed by atoms with Crippen molar-refractivity contribution in [3.05, 3.63) is 35.6 Å². The van der Waals surface area contributed by atoms with Gasteiger partial charge in [0.2, 0.25) is 10.0 Å². The van der Waals surface area contributed by atoms with Gasteiger partial charge in [0.15, 0.2) is 5.96 Å². The number of para-hydroxylation sites is 1. The molecule has 0 aliphatic rings. The van der Waals surface area contributed by atoms with Crippen LogP contribution in [0, 0.1) is 6.92 Å². The van der Waals surface area contributed by atoms with Gasteiger partial charge in [-0.2, -0.15) is 0 Å². The number of benzene rings is 1. The molecule has 0 aliphatic heterocycles. The van der Waals surface area contributed by atoms with E-state index < -0.39 is 10.0 Å². The average molecular weight is 381 g/mol. The lowest BCUT2D eigenvalue weighted by Crippen LogP contribution is -2.39. The van der Waals surface area contributed by atoms with Crippen molar-refractivity contribution < 1.29 is 12.8 Å². The summed E-state index contributed by atoms with van der Waals surface area (Å²) in [5.41, 5.74) is 2.00. The Labute approximate surface area is 155 Å². The molecule has 0 saturated heterocycles. The first-order valence-corrected chi connectivity index (χ1v) is 10.6. The van der Waals surface area contributed by atoms with Crippen LogP contribution in [0.5, 0.6) is 0 Å². The summed E-state index contributed by atoms with van der Waals surface area (Å²) in [6, 6.07) is 7.96. The summed E-state index contributed by atoms with van der Waals surface area (Å²) < 4.78 is 30.5. The first kappa shape index (κ1) is 20.3. The van der Waals surface area contributed by atoms with E-state index in [2.05, 4.69) is 15.6 Å². The minimum Gasteiger partial charge on any atom is -0.459 e. The fraction of sp³-hybridized carbons (Fsp3) is 0.500. The van der Waals surface area contributed by atoms with Crippen LogP contribution in [0.1, 0.15) is 24.7 Å². The fourth-order valence-electron chi connectivity index (χ4n) is 2.80. The molecule has 0 aliphatic carbocycles. The van der Waals surface area contributed by atoms with E-state index in [1.54, 1.807) is 7.05 Å². The van der Waals surface area contributed by atoms with Crippen molar-refractivity contribution in [1.82, 2.24) is 14.9 Å². The van der Waals surface area contributed by atoms with E-state index in [0.29, 0.717) is 38.6 Å². The molecule has 1 aromatic heterocycles. The zero-order valence-corrected chi connectivity index (χ0v) is 16.7. The summed E-state index contributed by atoms with van der Waals surface area (Å²) in [4.78, 5) is 4.19. The Bertz CT molecular complexity index is 858. The number of nitrogens with zero attached hydrogens (tertiary/aromatic N) is 2. The van der Waals surface area contributed by atoms with Crippen LogP contribution in [0.25, 0.3) is 11.0 Å². The lowest BCUT2D eigenvalue weighted by Gasteiger charge is -2.18. The molecule has 0 bridgehead atoms. The van der Waals surface area contributed by atoms with E-state index in [1.165, 1.54) is 10.6 Å². The average Bonchev–Trinajstić information content (AvgIpc) is 2.93. The van der Waals surface area contributed by atoms with E-state index in [0.717, 1.165) is 22.3 Å². The van der Waals surface area contributed by atoms with Gasteiger partial charge in [-0.05, 0) is 19.4 Å². The number of rotatable bonds is 8. The summed E-state index contributed by atoms with van der Waals surface area (Å²) in [7, 11) is -1.43. The SMILES string of the molecule is CCN(CCCNC(=NC)NCc1oc2ccccc2c1C)S(C)(=O)=O. The Morgan fingerprint density at radius 1 is 1.27 bits per heavy atom. The van der Waals surface area contributed by atoms with Crippen LogP contribution in [-0.4, -0.2) is 51.6 Å². The number of aliphatic imine (C=N–C) groups is 1. The second-order valence-electron chi connectivity index (χ2n) is 6.11. The molecule has 0 amide bonds. The number of furan rings is 1. The second kappa shape index (κ2) is 9.05. The molecule has 1 heterocycles. The number of fused-ring (bicyclic) bond motifs is 1.